The van der Waals surface area contributed by atoms with Crippen LogP contribution in [0.3, 0.4) is 0 Å². The highest BCUT2D eigenvalue weighted by molar-refractivity contribution is 5.96. The molecule has 0 saturated carbocycles. The molecule has 0 aliphatic heterocycles. The minimum atomic E-state index is -0.539. The molecule has 0 aliphatic rings. The van der Waals surface area contributed by atoms with Crippen molar-refractivity contribution < 1.29 is 28.2 Å². The fraction of sp³-hybridized carbons (Fsp3) is 0.190. The zero-order valence-corrected chi connectivity index (χ0v) is 15.9. The number of benzene rings is 2. The molecule has 0 saturated heterocycles. The Bertz CT molecular complexity index is 1040. The number of amides is 1. The van der Waals surface area contributed by atoms with Crippen LogP contribution in [0.4, 0.5) is 10.1 Å². The van der Waals surface area contributed by atoms with Gasteiger partial charge in [-0.25, -0.2) is 14.2 Å². The number of hydrogen-bond donors (Lipinski definition) is 1. The first-order chi connectivity index (χ1) is 14.0. The number of carbonyl (C=O) groups is 2. The predicted molar refractivity (Wildman–Crippen MR) is 105 cm³/mol. The minimum Gasteiger partial charge on any atom is -0.481 e. The van der Waals surface area contributed by atoms with Gasteiger partial charge in [-0.15, -0.1) is 0 Å². The molecule has 0 bridgehead atoms. The van der Waals surface area contributed by atoms with Crippen LogP contribution in [0, 0.1) is 5.82 Å². The number of methoxy groups -OCH3 is 2. The third kappa shape index (κ3) is 5.05. The molecule has 0 fully saturated rings. The Kier molecular flexibility index (Phi) is 6.36. The maximum Gasteiger partial charge on any atom is 0.343 e. The number of rotatable bonds is 7. The molecule has 29 heavy (non-hydrogen) atoms. The second-order valence-corrected chi connectivity index (χ2v) is 6.09. The summed E-state index contributed by atoms with van der Waals surface area (Å²) in [5, 5.41) is 3.30. The highest BCUT2D eigenvalue weighted by Crippen LogP contribution is 2.32. The highest BCUT2D eigenvalue weighted by atomic mass is 19.1. The Morgan fingerprint density at radius 3 is 2.48 bits per heavy atom. The quantitative estimate of drug-likeness (QED) is 0.615. The van der Waals surface area contributed by atoms with Gasteiger partial charge in [0.1, 0.15) is 18.2 Å². The van der Waals surface area contributed by atoms with Crippen LogP contribution in [0.1, 0.15) is 0 Å². The summed E-state index contributed by atoms with van der Waals surface area (Å²) in [5.74, 6) is -0.821. The van der Waals surface area contributed by atoms with Gasteiger partial charge in [-0.05, 0) is 42.5 Å². The molecule has 1 heterocycles. The predicted octanol–water partition coefficient (Wildman–Crippen LogP) is 3.18. The van der Waals surface area contributed by atoms with Crippen LogP contribution >= 0.6 is 0 Å². The average molecular weight is 398 g/mol. The first-order valence-electron chi connectivity index (χ1n) is 8.69. The topological polar surface area (TPSA) is 86.8 Å². The first kappa shape index (κ1) is 20.2. The monoisotopic (exact) mass is 398 g/mol. The number of esters is 1. The van der Waals surface area contributed by atoms with Crippen molar-refractivity contribution in [1.29, 1.82) is 0 Å². The number of fused-ring (bicyclic) bond motifs is 1. The molecule has 3 rings (SSSR count). The fourth-order valence-corrected chi connectivity index (χ4v) is 2.68. The van der Waals surface area contributed by atoms with Crippen molar-refractivity contribution in [3.8, 4) is 17.0 Å². The zero-order valence-electron chi connectivity index (χ0n) is 15.9. The maximum atomic E-state index is 13.2. The van der Waals surface area contributed by atoms with Gasteiger partial charge in [-0.3, -0.25) is 4.79 Å². The van der Waals surface area contributed by atoms with E-state index in [1.165, 1.54) is 26.4 Å². The minimum absolute atomic E-state index is 0.0779. The van der Waals surface area contributed by atoms with Gasteiger partial charge in [0, 0.05) is 29.8 Å². The Morgan fingerprint density at radius 2 is 1.79 bits per heavy atom. The number of carbonyl (C=O) groups excluding carboxylic acids is 2. The van der Waals surface area contributed by atoms with Gasteiger partial charge in [-0.1, -0.05) is 0 Å². The van der Waals surface area contributed by atoms with Crippen molar-refractivity contribution in [2.24, 2.45) is 0 Å². The summed E-state index contributed by atoms with van der Waals surface area (Å²) in [6, 6.07) is 12.6. The Balaban J connectivity index is 2.03. The smallest absolute Gasteiger partial charge is 0.343 e. The fourth-order valence-electron chi connectivity index (χ4n) is 2.68. The highest BCUT2D eigenvalue weighted by Gasteiger charge is 2.13. The summed E-state index contributed by atoms with van der Waals surface area (Å²) in [4.78, 5) is 27.9. The Hall–Kier alpha value is -3.52. The van der Waals surface area contributed by atoms with Crippen molar-refractivity contribution in [2.75, 3.05) is 32.8 Å². The molecule has 0 atom stereocenters. The number of halogens is 1. The molecule has 150 valence electrons. The van der Waals surface area contributed by atoms with E-state index in [2.05, 4.69) is 15.0 Å². The van der Waals surface area contributed by atoms with E-state index in [4.69, 9.17) is 9.47 Å². The van der Waals surface area contributed by atoms with Crippen LogP contribution in [0.25, 0.3) is 22.2 Å². The summed E-state index contributed by atoms with van der Waals surface area (Å²) >= 11 is 0. The van der Waals surface area contributed by atoms with Crippen molar-refractivity contribution >= 4 is 28.5 Å². The zero-order chi connectivity index (χ0) is 20.8. The number of hydrogen-bond acceptors (Lipinski definition) is 6. The molecule has 0 radical (unpaired) electrons. The number of anilines is 1. The van der Waals surface area contributed by atoms with Crippen LogP contribution in [0.2, 0.25) is 0 Å². The molecule has 8 heteroatoms. The number of nitrogens with zero attached hydrogens (tertiary/aromatic N) is 1. The molecular formula is C21H19FN2O5. The summed E-state index contributed by atoms with van der Waals surface area (Å²) in [7, 11) is 2.70. The van der Waals surface area contributed by atoms with Crippen molar-refractivity contribution in [1.82, 2.24) is 4.98 Å². The molecular weight excluding hydrogens is 379 g/mol. The molecule has 1 amide bonds. The average Bonchev–Trinajstić information content (AvgIpc) is 2.72. The molecule has 2 aromatic carbocycles. The van der Waals surface area contributed by atoms with Gasteiger partial charge < -0.3 is 19.5 Å². The van der Waals surface area contributed by atoms with Crippen LogP contribution in [0.15, 0.2) is 48.5 Å². The van der Waals surface area contributed by atoms with Crippen molar-refractivity contribution in [3.05, 3.63) is 54.3 Å². The Labute approximate surface area is 166 Å². The molecule has 0 unspecified atom stereocenters. The van der Waals surface area contributed by atoms with E-state index in [0.717, 1.165) is 0 Å². The van der Waals surface area contributed by atoms with E-state index in [-0.39, 0.29) is 24.9 Å². The number of pyridine rings is 1. The van der Waals surface area contributed by atoms with Gasteiger partial charge in [-0.2, -0.15) is 0 Å². The molecule has 3 aromatic rings. The number of nitrogens with one attached hydrogen (secondary N) is 1. The number of ether oxygens (including phenoxy) is 3. The molecule has 7 nitrogen and oxygen atoms in total. The van der Waals surface area contributed by atoms with Gasteiger partial charge in [0.05, 0.1) is 18.3 Å². The van der Waals surface area contributed by atoms with Crippen LogP contribution in [0.5, 0.6) is 5.75 Å². The molecule has 0 spiro atoms. The largest absolute Gasteiger partial charge is 0.481 e. The van der Waals surface area contributed by atoms with Crippen LogP contribution in [-0.4, -0.2) is 44.3 Å². The molecule has 1 N–H and O–H groups in total. The normalized spacial score (nSPS) is 10.6. The third-order valence-corrected chi connectivity index (χ3v) is 4.04. The summed E-state index contributed by atoms with van der Waals surface area (Å²) < 4.78 is 28.3. The van der Waals surface area contributed by atoms with E-state index in [0.29, 0.717) is 33.6 Å². The lowest BCUT2D eigenvalue weighted by atomic mass is 10.1. The SMILES string of the molecule is COCC(=O)Nc1ccc2nc(-c3ccc(F)cc3)cc(OCC(=O)OC)c2c1. The van der Waals surface area contributed by atoms with Crippen molar-refractivity contribution in [2.45, 2.75) is 0 Å². The van der Waals surface area contributed by atoms with E-state index >= 15 is 0 Å². The second-order valence-electron chi connectivity index (χ2n) is 6.09. The lowest BCUT2D eigenvalue weighted by Gasteiger charge is -2.13. The number of aromatic nitrogens is 1. The summed E-state index contributed by atoms with van der Waals surface area (Å²) in [5.41, 5.74) is 2.34. The van der Waals surface area contributed by atoms with Gasteiger partial charge in [0.15, 0.2) is 6.61 Å². The third-order valence-electron chi connectivity index (χ3n) is 4.04. The van der Waals surface area contributed by atoms with Gasteiger partial charge in [0.25, 0.3) is 0 Å². The van der Waals surface area contributed by atoms with Gasteiger partial charge in [0.2, 0.25) is 5.91 Å². The van der Waals surface area contributed by atoms with Crippen LogP contribution < -0.4 is 10.1 Å². The van der Waals surface area contributed by atoms with Crippen molar-refractivity contribution in [3.63, 3.8) is 0 Å². The lowest BCUT2D eigenvalue weighted by molar-refractivity contribution is -0.142. The lowest BCUT2D eigenvalue weighted by Crippen LogP contribution is -2.17. The molecule has 1 aromatic heterocycles. The standard InChI is InChI=1S/C21H19FN2O5/c1-27-11-20(25)23-15-7-8-17-16(9-15)19(29-12-21(26)28-2)10-18(24-17)13-3-5-14(22)6-4-13/h3-10H,11-12H2,1-2H3,(H,23,25). The first-order valence-corrected chi connectivity index (χ1v) is 8.69. The summed E-state index contributed by atoms with van der Waals surface area (Å²) in [6.07, 6.45) is 0. The second kappa shape index (κ2) is 9.11. The molecule has 0 aliphatic carbocycles. The maximum absolute atomic E-state index is 13.2. The van der Waals surface area contributed by atoms with E-state index in [1.807, 2.05) is 0 Å². The van der Waals surface area contributed by atoms with E-state index in [9.17, 15) is 14.0 Å². The summed E-state index contributed by atoms with van der Waals surface area (Å²) in [6.45, 7) is -0.371. The van der Waals surface area contributed by atoms with Crippen LogP contribution in [-0.2, 0) is 19.1 Å². The van der Waals surface area contributed by atoms with E-state index in [1.54, 1.807) is 36.4 Å². The van der Waals surface area contributed by atoms with E-state index < -0.39 is 5.97 Å². The van der Waals surface area contributed by atoms with Gasteiger partial charge >= 0.3 is 5.97 Å². The Morgan fingerprint density at radius 1 is 1.03 bits per heavy atom.